The number of nitrogens with one attached hydrogen (secondary N) is 3. The first-order valence-electron chi connectivity index (χ1n) is 10.8. The number of halogens is 1. The summed E-state index contributed by atoms with van der Waals surface area (Å²) >= 11 is 0. The molecule has 7 nitrogen and oxygen atoms in total. The number of aromatic amines is 1. The van der Waals surface area contributed by atoms with Gasteiger partial charge in [0.2, 0.25) is 5.91 Å². The van der Waals surface area contributed by atoms with Gasteiger partial charge < -0.3 is 15.5 Å². The summed E-state index contributed by atoms with van der Waals surface area (Å²) < 4.78 is 13.9. The maximum absolute atomic E-state index is 14.3. The molecule has 1 aromatic heterocycles. The van der Waals surface area contributed by atoms with Crippen LogP contribution < -0.4 is 10.6 Å². The van der Waals surface area contributed by atoms with Gasteiger partial charge in [0, 0.05) is 5.56 Å². The van der Waals surface area contributed by atoms with E-state index in [0.29, 0.717) is 5.82 Å². The van der Waals surface area contributed by atoms with Crippen LogP contribution in [-0.4, -0.2) is 50.5 Å². The molecule has 4 rings (SSSR count). The van der Waals surface area contributed by atoms with Gasteiger partial charge in [-0.1, -0.05) is 6.07 Å². The minimum atomic E-state index is -1.09. The zero-order valence-electron chi connectivity index (χ0n) is 19.6. The van der Waals surface area contributed by atoms with E-state index in [1.807, 2.05) is 13.8 Å². The Balaban J connectivity index is 1.54. The van der Waals surface area contributed by atoms with E-state index in [1.54, 1.807) is 24.0 Å². The third-order valence-electron chi connectivity index (χ3n) is 7.06. The number of amides is 3. The molecule has 3 amide bonds. The molecular weight excluding hydrogens is 429 g/mol. The van der Waals surface area contributed by atoms with Gasteiger partial charge in [-0.05, 0) is 76.5 Å². The second kappa shape index (κ2) is 7.50. The van der Waals surface area contributed by atoms with Crippen LogP contribution in [-0.2, 0) is 16.9 Å². The number of aromatic nitrogens is 2. The van der Waals surface area contributed by atoms with Crippen LogP contribution in [0.5, 0.6) is 0 Å². The number of carbonyl (C=O) groups excluding carboxylic acids is 2. The molecule has 32 heavy (non-hydrogen) atoms. The smallest absolute Gasteiger partial charge is 0.309 e. The average molecular weight is 462 g/mol. The summed E-state index contributed by atoms with van der Waals surface area (Å²) in [6, 6.07) is 4.29. The summed E-state index contributed by atoms with van der Waals surface area (Å²) in [4.78, 5) is 27.9. The van der Waals surface area contributed by atoms with Crippen molar-refractivity contribution in [2.45, 2.75) is 56.9 Å². The lowest BCUT2D eigenvalue weighted by molar-refractivity contribution is -0.120. The van der Waals surface area contributed by atoms with Gasteiger partial charge in [-0.3, -0.25) is 9.89 Å². The van der Waals surface area contributed by atoms with Crippen molar-refractivity contribution in [2.24, 2.45) is 0 Å². The Morgan fingerprint density at radius 3 is 2.44 bits per heavy atom. The van der Waals surface area contributed by atoms with Gasteiger partial charge in [0.05, 0.1) is 28.2 Å². The summed E-state index contributed by atoms with van der Waals surface area (Å²) in [5, 5.41) is 13.1. The number of anilines is 2. The zero-order valence-corrected chi connectivity index (χ0v) is 20.4. The molecule has 1 aliphatic carbocycles. The maximum Gasteiger partial charge on any atom is 0.323 e. The fraction of sp³-hybridized carbons (Fsp3) is 0.522. The fourth-order valence-electron chi connectivity index (χ4n) is 4.69. The average Bonchev–Trinajstić information content (AvgIpc) is 3.13. The van der Waals surface area contributed by atoms with Crippen molar-refractivity contribution in [3.8, 4) is 0 Å². The van der Waals surface area contributed by atoms with Crippen molar-refractivity contribution in [3.63, 3.8) is 0 Å². The number of fused-ring (bicyclic) bond motifs is 1. The molecule has 174 valence electrons. The standard InChI is InChI=1S/C23H32FN5O2S/c1-14-8-9-17(16(24)12-14)25-21(31)29-13-15-18(22(29,2)3)27-28-19(15)26-20(30)23(10-7-11-23)32(4,5)6/h8-9,12H,7,10-11,13H2,1-6H3,(H,25,31)(H2,26,27,28,30). The zero-order chi connectivity index (χ0) is 23.5. The molecule has 0 radical (unpaired) electrons. The van der Waals surface area contributed by atoms with Crippen molar-refractivity contribution < 1.29 is 14.0 Å². The molecule has 0 saturated heterocycles. The number of nitrogens with zero attached hydrogens (tertiary/aromatic N) is 2. The fourth-order valence-corrected chi connectivity index (χ4v) is 6.81. The number of benzene rings is 1. The van der Waals surface area contributed by atoms with E-state index in [9.17, 15) is 14.0 Å². The van der Waals surface area contributed by atoms with Gasteiger partial charge >= 0.3 is 6.03 Å². The molecule has 2 aliphatic rings. The van der Waals surface area contributed by atoms with Crippen LogP contribution in [0.3, 0.4) is 0 Å². The van der Waals surface area contributed by atoms with Gasteiger partial charge in [-0.15, -0.1) is 0 Å². The highest BCUT2D eigenvalue weighted by Crippen LogP contribution is 2.60. The van der Waals surface area contributed by atoms with Crippen LogP contribution in [0.2, 0.25) is 0 Å². The minimum absolute atomic E-state index is 0.0167. The highest BCUT2D eigenvalue weighted by atomic mass is 32.3. The number of hydrogen-bond acceptors (Lipinski definition) is 3. The van der Waals surface area contributed by atoms with Gasteiger partial charge in [0.1, 0.15) is 5.82 Å². The summed E-state index contributed by atoms with van der Waals surface area (Å²) in [5.41, 5.74) is 1.79. The lowest BCUT2D eigenvalue weighted by Gasteiger charge is -2.53. The molecule has 2 heterocycles. The molecule has 0 atom stereocenters. The van der Waals surface area contributed by atoms with Crippen LogP contribution in [0.15, 0.2) is 18.2 Å². The van der Waals surface area contributed by atoms with E-state index in [1.165, 1.54) is 6.07 Å². The topological polar surface area (TPSA) is 90.1 Å². The summed E-state index contributed by atoms with van der Waals surface area (Å²) in [5.74, 6) is 0.0202. The highest BCUT2D eigenvalue weighted by Gasteiger charge is 2.51. The Labute approximate surface area is 189 Å². The third kappa shape index (κ3) is 3.46. The Morgan fingerprint density at radius 2 is 1.88 bits per heavy atom. The molecule has 2 aromatic rings. The predicted octanol–water partition coefficient (Wildman–Crippen LogP) is 4.70. The molecule has 0 unspecified atom stereocenters. The number of aryl methyl sites for hydroxylation is 1. The molecule has 9 heteroatoms. The second-order valence-electron chi connectivity index (χ2n) is 10.1. The van der Waals surface area contributed by atoms with Crippen LogP contribution in [0.4, 0.5) is 20.7 Å². The molecule has 3 N–H and O–H groups in total. The van der Waals surface area contributed by atoms with Gasteiger partial charge in [0.25, 0.3) is 0 Å². The Hall–Kier alpha value is -2.55. The first-order chi connectivity index (χ1) is 14.9. The largest absolute Gasteiger partial charge is 0.323 e. The van der Waals surface area contributed by atoms with E-state index in [2.05, 4.69) is 39.6 Å². The normalized spacial score (nSPS) is 19.2. The van der Waals surface area contributed by atoms with Crippen molar-refractivity contribution in [2.75, 3.05) is 29.4 Å². The van der Waals surface area contributed by atoms with E-state index < -0.39 is 27.4 Å². The molecule has 1 aliphatic heterocycles. The molecule has 0 bridgehead atoms. The number of carbonyl (C=O) groups is 2. The van der Waals surface area contributed by atoms with E-state index in [-0.39, 0.29) is 22.9 Å². The van der Waals surface area contributed by atoms with Gasteiger partial charge in [-0.2, -0.15) is 5.10 Å². The van der Waals surface area contributed by atoms with E-state index in [0.717, 1.165) is 36.1 Å². The summed E-state index contributed by atoms with van der Waals surface area (Å²) in [7, 11) is -1.09. The Morgan fingerprint density at radius 1 is 1.19 bits per heavy atom. The molecule has 0 spiro atoms. The number of hydrogen-bond donors (Lipinski definition) is 3. The molecule has 1 saturated carbocycles. The minimum Gasteiger partial charge on any atom is -0.309 e. The van der Waals surface area contributed by atoms with Crippen molar-refractivity contribution in [1.29, 1.82) is 0 Å². The first-order valence-corrected chi connectivity index (χ1v) is 13.6. The second-order valence-corrected chi connectivity index (χ2v) is 14.6. The van der Waals surface area contributed by atoms with Crippen molar-refractivity contribution in [1.82, 2.24) is 15.1 Å². The van der Waals surface area contributed by atoms with E-state index >= 15 is 0 Å². The maximum atomic E-state index is 14.3. The number of rotatable bonds is 4. The van der Waals surface area contributed by atoms with Gasteiger partial charge in [-0.25, -0.2) is 19.2 Å². The predicted molar refractivity (Wildman–Crippen MR) is 128 cm³/mol. The number of H-pyrrole nitrogens is 1. The van der Waals surface area contributed by atoms with Crippen LogP contribution in [0.25, 0.3) is 0 Å². The van der Waals surface area contributed by atoms with Crippen LogP contribution in [0, 0.1) is 12.7 Å². The Bertz CT molecular complexity index is 1080. The highest BCUT2D eigenvalue weighted by molar-refractivity contribution is 8.33. The van der Waals surface area contributed by atoms with Crippen molar-refractivity contribution in [3.05, 3.63) is 40.8 Å². The monoisotopic (exact) mass is 461 g/mol. The summed E-state index contributed by atoms with van der Waals surface area (Å²) in [6.07, 6.45) is 9.39. The number of urea groups is 1. The lowest BCUT2D eigenvalue weighted by Crippen LogP contribution is -2.51. The van der Waals surface area contributed by atoms with E-state index in [4.69, 9.17) is 0 Å². The molecule has 1 fully saturated rings. The summed E-state index contributed by atoms with van der Waals surface area (Å²) in [6.45, 7) is 5.87. The third-order valence-corrected chi connectivity index (χ3v) is 10.00. The Kier molecular flexibility index (Phi) is 5.31. The quantitative estimate of drug-likeness (QED) is 0.617. The molecular formula is C23H32FN5O2S. The first kappa shape index (κ1) is 22.6. The molecule has 1 aromatic carbocycles. The SMILES string of the molecule is Cc1ccc(NC(=O)N2Cc3c(NC(=O)C4(S(C)(C)C)CCC4)n[nH]c3C2(C)C)c(F)c1. The van der Waals surface area contributed by atoms with Gasteiger partial charge in [0.15, 0.2) is 5.82 Å². The van der Waals surface area contributed by atoms with Crippen LogP contribution in [0.1, 0.15) is 49.9 Å². The van der Waals surface area contributed by atoms with Crippen LogP contribution >= 0.6 is 10.0 Å². The lowest BCUT2D eigenvalue weighted by atomic mass is 9.83. The van der Waals surface area contributed by atoms with Crippen molar-refractivity contribution >= 4 is 33.5 Å².